The normalized spacial score (nSPS) is 12.7. The minimum atomic E-state index is -4.16. The fourth-order valence-corrected chi connectivity index (χ4v) is 6.77. The van der Waals surface area contributed by atoms with E-state index in [4.69, 9.17) is 0 Å². The number of carbonyl (C=O) groups is 2. The van der Waals surface area contributed by atoms with Gasteiger partial charge in [-0.2, -0.15) is 0 Å². The van der Waals surface area contributed by atoms with Gasteiger partial charge >= 0.3 is 0 Å². The zero-order valence-corrected chi connectivity index (χ0v) is 29.1. The van der Waals surface area contributed by atoms with Crippen molar-refractivity contribution in [3.63, 3.8) is 0 Å². The number of hydrogen-bond donors (Lipinski definition) is 1. The molecule has 8 heteroatoms. The molecule has 2 atom stereocenters. The maximum Gasteiger partial charge on any atom is 0.264 e. The van der Waals surface area contributed by atoms with Crippen molar-refractivity contribution in [1.29, 1.82) is 0 Å². The number of amides is 2. The van der Waals surface area contributed by atoms with E-state index < -0.39 is 28.5 Å². The summed E-state index contributed by atoms with van der Waals surface area (Å²) in [4.78, 5) is 30.3. The maximum atomic E-state index is 14.7. The lowest BCUT2D eigenvalue weighted by Crippen LogP contribution is -2.54. The number of nitrogens with one attached hydrogen (secondary N) is 1. The first-order chi connectivity index (χ1) is 22.4. The van der Waals surface area contributed by atoms with Crippen molar-refractivity contribution < 1.29 is 18.0 Å². The van der Waals surface area contributed by atoms with Gasteiger partial charge in [-0.25, -0.2) is 8.42 Å². The van der Waals surface area contributed by atoms with E-state index in [1.54, 1.807) is 41.3 Å². The Labute approximate surface area is 280 Å². The first-order valence-corrected chi connectivity index (χ1v) is 17.7. The molecule has 0 saturated carbocycles. The molecule has 0 bridgehead atoms. The highest BCUT2D eigenvalue weighted by Gasteiger charge is 2.35. The summed E-state index contributed by atoms with van der Waals surface area (Å²) < 4.78 is 29.7. The van der Waals surface area contributed by atoms with Crippen LogP contribution < -0.4 is 9.62 Å². The van der Waals surface area contributed by atoms with Crippen molar-refractivity contribution >= 4 is 27.5 Å². The molecule has 4 aromatic rings. The second kappa shape index (κ2) is 15.9. The van der Waals surface area contributed by atoms with Gasteiger partial charge in [-0.1, -0.05) is 105 Å². The smallest absolute Gasteiger partial charge is 0.264 e. The number of sulfonamides is 1. The molecule has 7 nitrogen and oxygen atoms in total. The van der Waals surface area contributed by atoms with Crippen molar-refractivity contribution in [3.8, 4) is 0 Å². The molecule has 248 valence electrons. The first kappa shape index (κ1) is 35.4. The van der Waals surface area contributed by atoms with Crippen LogP contribution in [0, 0.1) is 13.8 Å². The van der Waals surface area contributed by atoms with Gasteiger partial charge in [0, 0.05) is 19.0 Å². The van der Waals surface area contributed by atoms with Crippen LogP contribution in [0.1, 0.15) is 67.9 Å². The second-order valence-electron chi connectivity index (χ2n) is 12.5. The lowest BCUT2D eigenvalue weighted by Gasteiger charge is -2.34. The molecule has 0 aliphatic carbocycles. The number of benzene rings is 4. The molecule has 0 aliphatic heterocycles. The van der Waals surface area contributed by atoms with Gasteiger partial charge in [0.1, 0.15) is 12.6 Å². The van der Waals surface area contributed by atoms with E-state index in [1.807, 2.05) is 94.4 Å². The molecule has 1 N–H and O–H groups in total. The number of carbonyl (C=O) groups excluding carboxylic acids is 2. The van der Waals surface area contributed by atoms with E-state index >= 15 is 0 Å². The maximum absolute atomic E-state index is 14.7. The molecule has 0 aromatic heterocycles. The predicted octanol–water partition coefficient (Wildman–Crippen LogP) is 7.18. The molecule has 4 aromatic carbocycles. The number of hydrogen-bond acceptors (Lipinski definition) is 4. The van der Waals surface area contributed by atoms with Crippen LogP contribution in [-0.2, 0) is 32.6 Å². The molecule has 4 rings (SSSR count). The fraction of sp³-hybridized carbons (Fsp3) is 0.333. The van der Waals surface area contributed by atoms with E-state index in [1.165, 1.54) is 4.31 Å². The molecule has 0 aliphatic rings. The fourth-order valence-electron chi connectivity index (χ4n) is 5.36. The lowest BCUT2D eigenvalue weighted by atomic mass is 10.0. The van der Waals surface area contributed by atoms with Gasteiger partial charge in [0.2, 0.25) is 11.8 Å². The summed E-state index contributed by atoms with van der Waals surface area (Å²) in [7, 11) is -4.16. The van der Waals surface area contributed by atoms with E-state index in [2.05, 4.69) is 19.2 Å². The van der Waals surface area contributed by atoms with Crippen molar-refractivity contribution in [2.75, 3.05) is 10.8 Å². The van der Waals surface area contributed by atoms with Crippen molar-refractivity contribution in [2.24, 2.45) is 0 Å². The van der Waals surface area contributed by atoms with Gasteiger partial charge in [0.25, 0.3) is 10.0 Å². The Morgan fingerprint density at radius 1 is 0.787 bits per heavy atom. The van der Waals surface area contributed by atoms with E-state index in [0.717, 1.165) is 34.2 Å². The summed E-state index contributed by atoms with van der Waals surface area (Å²) in [5.74, 6) is -0.503. The highest BCUT2D eigenvalue weighted by Crippen LogP contribution is 2.27. The third kappa shape index (κ3) is 9.10. The van der Waals surface area contributed by atoms with Crippen LogP contribution in [0.3, 0.4) is 0 Å². The van der Waals surface area contributed by atoms with E-state index in [-0.39, 0.29) is 35.7 Å². The molecule has 0 fully saturated rings. The summed E-state index contributed by atoms with van der Waals surface area (Å²) in [6, 6.07) is 30.2. The molecule has 0 radical (unpaired) electrons. The standard InChI is InChI=1S/C39H47N3O4S/c1-7-31(6)40-39(44)37(25-32-14-9-8-10-15-32)41(26-34-16-12-11-13-30(34)5)38(43)27-42(35-21-19-33(20-22-35)28(2)3)47(45,46)36-23-17-29(4)18-24-36/h8-24,28,31,37H,7,25-27H2,1-6H3,(H,40,44)/t31-,37-/m0/s1. The second-order valence-corrected chi connectivity index (χ2v) is 14.4. The molecule has 0 unspecified atom stereocenters. The molecule has 0 heterocycles. The Kier molecular flexibility index (Phi) is 12.0. The van der Waals surface area contributed by atoms with E-state index in [9.17, 15) is 18.0 Å². The van der Waals surface area contributed by atoms with Gasteiger partial charge in [-0.15, -0.1) is 0 Å². The zero-order valence-electron chi connectivity index (χ0n) is 28.3. The lowest BCUT2D eigenvalue weighted by molar-refractivity contribution is -0.140. The van der Waals surface area contributed by atoms with Crippen molar-refractivity contribution in [2.45, 2.75) is 83.8 Å². The molecule has 0 spiro atoms. The summed E-state index contributed by atoms with van der Waals surface area (Å²) >= 11 is 0. The SMILES string of the molecule is CC[C@H](C)NC(=O)[C@H](Cc1ccccc1)N(Cc1ccccc1C)C(=O)CN(c1ccc(C(C)C)cc1)S(=O)(=O)c1ccc(C)cc1. The highest BCUT2D eigenvalue weighted by molar-refractivity contribution is 7.92. The number of aryl methyl sites for hydroxylation is 2. The van der Waals surface area contributed by atoms with Crippen LogP contribution in [0.5, 0.6) is 0 Å². The van der Waals surface area contributed by atoms with Crippen LogP contribution in [0.4, 0.5) is 5.69 Å². The van der Waals surface area contributed by atoms with Crippen LogP contribution in [0.2, 0.25) is 0 Å². The number of nitrogens with zero attached hydrogens (tertiary/aromatic N) is 2. The van der Waals surface area contributed by atoms with Gasteiger partial charge in [0.15, 0.2) is 0 Å². The third-order valence-electron chi connectivity index (χ3n) is 8.61. The average Bonchev–Trinajstić information content (AvgIpc) is 3.06. The molecule has 2 amide bonds. The predicted molar refractivity (Wildman–Crippen MR) is 190 cm³/mol. The Hall–Kier alpha value is -4.43. The third-order valence-corrected chi connectivity index (χ3v) is 10.4. The van der Waals surface area contributed by atoms with Gasteiger partial charge in [0.05, 0.1) is 10.6 Å². The first-order valence-electron chi connectivity index (χ1n) is 16.3. The van der Waals surface area contributed by atoms with E-state index in [0.29, 0.717) is 5.69 Å². The molecular weight excluding hydrogens is 607 g/mol. The molecule has 0 saturated heterocycles. The van der Waals surface area contributed by atoms with Crippen LogP contribution in [0.25, 0.3) is 0 Å². The quantitative estimate of drug-likeness (QED) is 0.156. The van der Waals surface area contributed by atoms with Crippen LogP contribution in [-0.4, -0.2) is 43.8 Å². The Morgan fingerprint density at radius 3 is 2.00 bits per heavy atom. The van der Waals surface area contributed by atoms with Crippen molar-refractivity contribution in [3.05, 3.63) is 131 Å². The van der Waals surface area contributed by atoms with Crippen molar-refractivity contribution in [1.82, 2.24) is 10.2 Å². The monoisotopic (exact) mass is 653 g/mol. The number of rotatable bonds is 14. The summed E-state index contributed by atoms with van der Waals surface area (Å²) in [5, 5.41) is 3.08. The van der Waals surface area contributed by atoms with Gasteiger partial charge < -0.3 is 10.2 Å². The minimum Gasteiger partial charge on any atom is -0.352 e. The number of anilines is 1. The largest absolute Gasteiger partial charge is 0.352 e. The molecule has 47 heavy (non-hydrogen) atoms. The van der Waals surface area contributed by atoms with Gasteiger partial charge in [-0.05, 0) is 79.6 Å². The Morgan fingerprint density at radius 2 is 1.40 bits per heavy atom. The topological polar surface area (TPSA) is 86.8 Å². The summed E-state index contributed by atoms with van der Waals surface area (Å²) in [6.07, 6.45) is 0.999. The summed E-state index contributed by atoms with van der Waals surface area (Å²) in [5.41, 5.74) is 5.10. The van der Waals surface area contributed by atoms with Crippen LogP contribution in [0.15, 0.2) is 108 Å². The highest BCUT2D eigenvalue weighted by atomic mass is 32.2. The Balaban J connectivity index is 1.82. The van der Waals surface area contributed by atoms with Gasteiger partial charge in [-0.3, -0.25) is 13.9 Å². The molecular formula is C39H47N3O4S. The minimum absolute atomic E-state index is 0.0876. The van der Waals surface area contributed by atoms with Crippen LogP contribution >= 0.6 is 0 Å². The Bertz CT molecular complexity index is 1740. The zero-order chi connectivity index (χ0) is 34.1. The summed E-state index contributed by atoms with van der Waals surface area (Å²) in [6.45, 7) is 11.6. The average molecular weight is 654 g/mol.